The maximum Gasteiger partial charge on any atom is 0.453 e. The molecule has 0 amide bonds. The number of aryl methyl sites for hydroxylation is 2. The van der Waals surface area contributed by atoms with Gasteiger partial charge < -0.3 is 9.64 Å². The zero-order chi connectivity index (χ0) is 19.2. The quantitative estimate of drug-likeness (QED) is 0.736. The summed E-state index contributed by atoms with van der Waals surface area (Å²) in [6, 6.07) is 1.68. The molecule has 12 heteroatoms. The van der Waals surface area contributed by atoms with Gasteiger partial charge in [-0.25, -0.2) is 9.97 Å². The molecule has 0 bridgehead atoms. The van der Waals surface area contributed by atoms with E-state index in [1.54, 1.807) is 13.0 Å². The molecule has 27 heavy (non-hydrogen) atoms. The highest BCUT2D eigenvalue weighted by Crippen LogP contribution is 2.29. The molecule has 1 aliphatic heterocycles. The third-order valence-electron chi connectivity index (χ3n) is 4.24. The summed E-state index contributed by atoms with van der Waals surface area (Å²) in [6.45, 7) is 4.90. The standard InChI is InChI=1S/C15H17F3N8O/c1-3-10-20-12(23-22-10)9-7-25(4-5-27-9)11-6-8(2)19-14-21-13(15(16,17)18)24-26(11)14/h6,9H,3-5,7H2,1-2H3,(H,20,22,23). The first-order chi connectivity index (χ1) is 12.8. The normalized spacial score (nSPS) is 18.4. The predicted octanol–water partition coefficient (Wildman–Crippen LogP) is 1.71. The zero-order valence-electron chi connectivity index (χ0n) is 14.7. The lowest BCUT2D eigenvalue weighted by Crippen LogP contribution is -2.40. The molecule has 144 valence electrons. The first-order valence-corrected chi connectivity index (χ1v) is 8.44. The lowest BCUT2D eigenvalue weighted by Gasteiger charge is -2.33. The van der Waals surface area contributed by atoms with Crippen LogP contribution < -0.4 is 4.90 Å². The van der Waals surface area contributed by atoms with Gasteiger partial charge in [0.05, 0.1) is 13.2 Å². The molecule has 1 N–H and O–H groups in total. The zero-order valence-corrected chi connectivity index (χ0v) is 14.7. The summed E-state index contributed by atoms with van der Waals surface area (Å²) in [4.78, 5) is 13.8. The van der Waals surface area contributed by atoms with Crippen molar-refractivity contribution < 1.29 is 17.9 Å². The molecule has 0 aliphatic carbocycles. The van der Waals surface area contributed by atoms with Crippen LogP contribution in [0, 0.1) is 6.92 Å². The van der Waals surface area contributed by atoms with Gasteiger partial charge in [0.1, 0.15) is 17.7 Å². The van der Waals surface area contributed by atoms with Gasteiger partial charge in [-0.2, -0.15) is 27.8 Å². The minimum atomic E-state index is -4.64. The summed E-state index contributed by atoms with van der Waals surface area (Å²) in [5.41, 5.74) is 0.549. The van der Waals surface area contributed by atoms with Crippen molar-refractivity contribution in [2.75, 3.05) is 24.6 Å². The van der Waals surface area contributed by atoms with E-state index in [0.29, 0.717) is 43.5 Å². The molecular weight excluding hydrogens is 365 g/mol. The summed E-state index contributed by atoms with van der Waals surface area (Å²) in [5, 5.41) is 10.6. The Morgan fingerprint density at radius 2 is 2.11 bits per heavy atom. The number of hydrogen-bond donors (Lipinski definition) is 1. The maximum absolute atomic E-state index is 13.0. The van der Waals surface area contributed by atoms with Gasteiger partial charge in [0, 0.05) is 24.7 Å². The number of H-pyrrole nitrogens is 1. The summed E-state index contributed by atoms with van der Waals surface area (Å²) in [6.07, 6.45) is -4.32. The Morgan fingerprint density at radius 3 is 2.81 bits per heavy atom. The van der Waals surface area contributed by atoms with Crippen LogP contribution in [0.1, 0.15) is 36.2 Å². The van der Waals surface area contributed by atoms with Crippen molar-refractivity contribution in [3.8, 4) is 0 Å². The topological polar surface area (TPSA) is 97.1 Å². The fourth-order valence-electron chi connectivity index (χ4n) is 2.94. The summed E-state index contributed by atoms with van der Waals surface area (Å²) in [7, 11) is 0. The van der Waals surface area contributed by atoms with Crippen LogP contribution in [0.3, 0.4) is 0 Å². The van der Waals surface area contributed by atoms with Crippen LogP contribution in [0.5, 0.6) is 0 Å². The van der Waals surface area contributed by atoms with E-state index < -0.39 is 18.1 Å². The van der Waals surface area contributed by atoms with E-state index in [1.165, 1.54) is 0 Å². The van der Waals surface area contributed by atoms with Crippen LogP contribution in [0.25, 0.3) is 5.78 Å². The van der Waals surface area contributed by atoms with Crippen molar-refractivity contribution in [2.45, 2.75) is 32.5 Å². The van der Waals surface area contributed by atoms with Crippen LogP contribution >= 0.6 is 0 Å². The lowest BCUT2D eigenvalue weighted by molar-refractivity contribution is -0.144. The van der Waals surface area contributed by atoms with E-state index in [0.717, 1.165) is 10.3 Å². The van der Waals surface area contributed by atoms with Crippen molar-refractivity contribution in [2.24, 2.45) is 0 Å². The number of nitrogens with zero attached hydrogens (tertiary/aromatic N) is 7. The molecule has 1 unspecified atom stereocenters. The summed E-state index contributed by atoms with van der Waals surface area (Å²) >= 11 is 0. The SMILES string of the molecule is CCc1nc(C2CN(c3cc(C)nc4nc(C(F)(F)F)nn34)CCO2)n[nH]1. The molecule has 1 aliphatic rings. The number of morpholine rings is 1. The van der Waals surface area contributed by atoms with E-state index in [2.05, 4.69) is 30.2 Å². The van der Waals surface area contributed by atoms with Gasteiger partial charge in [-0.3, -0.25) is 5.10 Å². The van der Waals surface area contributed by atoms with Gasteiger partial charge >= 0.3 is 6.18 Å². The van der Waals surface area contributed by atoms with Gasteiger partial charge in [-0.15, -0.1) is 5.10 Å². The molecule has 1 fully saturated rings. The van der Waals surface area contributed by atoms with Crippen LogP contribution in [0.2, 0.25) is 0 Å². The minimum Gasteiger partial charge on any atom is -0.366 e. The van der Waals surface area contributed by atoms with Crippen molar-refractivity contribution >= 4 is 11.6 Å². The maximum atomic E-state index is 13.0. The van der Waals surface area contributed by atoms with Gasteiger partial charge in [0.25, 0.3) is 11.6 Å². The number of nitrogens with one attached hydrogen (secondary N) is 1. The van der Waals surface area contributed by atoms with Gasteiger partial charge in [-0.05, 0) is 6.92 Å². The van der Waals surface area contributed by atoms with E-state index in [4.69, 9.17) is 4.74 Å². The Kier molecular flexibility index (Phi) is 4.21. The largest absolute Gasteiger partial charge is 0.453 e. The predicted molar refractivity (Wildman–Crippen MR) is 87.2 cm³/mol. The molecule has 4 heterocycles. The molecule has 0 radical (unpaired) electrons. The number of aromatic amines is 1. The fourth-order valence-corrected chi connectivity index (χ4v) is 2.94. The van der Waals surface area contributed by atoms with E-state index in [1.807, 2.05) is 11.8 Å². The summed E-state index contributed by atoms with van der Waals surface area (Å²) < 4.78 is 45.9. The molecule has 9 nitrogen and oxygen atoms in total. The van der Waals surface area contributed by atoms with Crippen LogP contribution in [0.15, 0.2) is 6.07 Å². The Bertz CT molecular complexity index is 966. The molecule has 4 rings (SSSR count). The minimum absolute atomic E-state index is 0.0912. The Balaban J connectivity index is 1.69. The molecule has 1 saturated heterocycles. The highest BCUT2D eigenvalue weighted by Gasteiger charge is 2.37. The van der Waals surface area contributed by atoms with Gasteiger partial charge in [-0.1, -0.05) is 6.92 Å². The second-order valence-corrected chi connectivity index (χ2v) is 6.20. The van der Waals surface area contributed by atoms with E-state index in [9.17, 15) is 13.2 Å². The summed E-state index contributed by atoms with van der Waals surface area (Å²) in [5.74, 6) is 0.437. The number of anilines is 1. The molecular formula is C15H17F3N8O. The van der Waals surface area contributed by atoms with Crippen molar-refractivity contribution in [1.82, 2.24) is 34.8 Å². The molecule has 3 aromatic rings. The molecule has 0 spiro atoms. The number of ether oxygens (including phenoxy) is 1. The number of aromatic nitrogens is 7. The number of halogens is 3. The number of rotatable bonds is 3. The van der Waals surface area contributed by atoms with Crippen LogP contribution in [0.4, 0.5) is 19.0 Å². The fraction of sp³-hybridized carbons (Fsp3) is 0.533. The van der Waals surface area contributed by atoms with E-state index >= 15 is 0 Å². The molecule has 0 saturated carbocycles. The number of fused-ring (bicyclic) bond motifs is 1. The monoisotopic (exact) mass is 382 g/mol. The van der Waals surface area contributed by atoms with Crippen molar-refractivity contribution in [3.63, 3.8) is 0 Å². The Morgan fingerprint density at radius 1 is 1.30 bits per heavy atom. The molecule has 1 atom stereocenters. The third kappa shape index (κ3) is 3.31. The molecule has 0 aromatic carbocycles. The lowest BCUT2D eigenvalue weighted by atomic mass is 10.2. The Hall–Kier alpha value is -2.76. The highest BCUT2D eigenvalue weighted by molar-refractivity contribution is 5.48. The second-order valence-electron chi connectivity index (χ2n) is 6.20. The van der Waals surface area contributed by atoms with Gasteiger partial charge in [0.2, 0.25) is 0 Å². The van der Waals surface area contributed by atoms with Crippen molar-refractivity contribution in [1.29, 1.82) is 0 Å². The first kappa shape index (κ1) is 17.6. The Labute approximate surface area is 151 Å². The van der Waals surface area contributed by atoms with Crippen LogP contribution in [-0.2, 0) is 17.3 Å². The number of hydrogen-bond acceptors (Lipinski definition) is 7. The van der Waals surface area contributed by atoms with E-state index in [-0.39, 0.29) is 5.78 Å². The average Bonchev–Trinajstić information content (AvgIpc) is 3.27. The average molecular weight is 382 g/mol. The second kappa shape index (κ2) is 6.44. The van der Waals surface area contributed by atoms with Gasteiger partial charge in [0.15, 0.2) is 5.82 Å². The van der Waals surface area contributed by atoms with Crippen molar-refractivity contribution in [3.05, 3.63) is 29.2 Å². The smallest absolute Gasteiger partial charge is 0.366 e. The number of alkyl halides is 3. The highest BCUT2D eigenvalue weighted by atomic mass is 19.4. The first-order valence-electron chi connectivity index (χ1n) is 8.44. The third-order valence-corrected chi connectivity index (χ3v) is 4.24. The molecule has 3 aromatic heterocycles. The van der Waals surface area contributed by atoms with Crippen LogP contribution in [-0.4, -0.2) is 54.5 Å².